The zero-order valence-electron chi connectivity index (χ0n) is 6.81. The summed E-state index contributed by atoms with van der Waals surface area (Å²) in [6.45, 7) is 0. The molecule has 4 nitrogen and oxygen atoms in total. The number of nitro groups is 1. The average Bonchev–Trinajstić information content (AvgIpc) is 2.16. The molecule has 6 heteroatoms. The third-order valence-corrected chi connectivity index (χ3v) is 1.96. The second-order valence-electron chi connectivity index (χ2n) is 2.44. The Balaban J connectivity index is 3.20. The summed E-state index contributed by atoms with van der Waals surface area (Å²) in [5, 5.41) is 10.5. The Bertz CT molecular complexity index is 379. The molecular formula is C8H5Cl2NO3. The van der Waals surface area contributed by atoms with E-state index in [1.807, 2.05) is 0 Å². The van der Waals surface area contributed by atoms with E-state index in [9.17, 15) is 14.9 Å². The maximum Gasteiger partial charge on any atom is 0.280 e. The summed E-state index contributed by atoms with van der Waals surface area (Å²) in [5.41, 5.74) is -0.365. The van der Waals surface area contributed by atoms with Gasteiger partial charge < -0.3 is 0 Å². The minimum Gasteiger partial charge on any atom is -0.291 e. The zero-order valence-corrected chi connectivity index (χ0v) is 8.33. The molecule has 0 aliphatic rings. The number of carbonyl (C=O) groups excluding carboxylic acids is 1. The number of alkyl halides is 2. The molecule has 0 aliphatic heterocycles. The number of nitro benzene ring substituents is 1. The predicted octanol–water partition coefficient (Wildman–Crippen LogP) is 2.58. The van der Waals surface area contributed by atoms with Crippen LogP contribution in [0.1, 0.15) is 10.4 Å². The molecule has 1 aromatic rings. The van der Waals surface area contributed by atoms with Crippen molar-refractivity contribution in [3.63, 3.8) is 0 Å². The minimum absolute atomic E-state index is 0.0764. The lowest BCUT2D eigenvalue weighted by Crippen LogP contribution is -2.10. The van der Waals surface area contributed by atoms with Crippen molar-refractivity contribution in [1.82, 2.24) is 0 Å². The number of carbonyl (C=O) groups is 1. The molecule has 0 bridgehead atoms. The van der Waals surface area contributed by atoms with Crippen molar-refractivity contribution < 1.29 is 9.72 Å². The van der Waals surface area contributed by atoms with E-state index < -0.39 is 15.5 Å². The maximum atomic E-state index is 11.3. The van der Waals surface area contributed by atoms with Crippen LogP contribution in [0.25, 0.3) is 0 Å². The average molecular weight is 234 g/mol. The molecule has 1 rings (SSSR count). The molecule has 0 radical (unpaired) electrons. The molecule has 14 heavy (non-hydrogen) atoms. The van der Waals surface area contributed by atoms with Crippen LogP contribution in [0, 0.1) is 10.1 Å². The highest BCUT2D eigenvalue weighted by Crippen LogP contribution is 2.21. The van der Waals surface area contributed by atoms with Gasteiger partial charge in [0.25, 0.3) is 5.69 Å². The lowest BCUT2D eigenvalue weighted by atomic mass is 10.1. The van der Waals surface area contributed by atoms with Gasteiger partial charge in [-0.1, -0.05) is 35.3 Å². The summed E-state index contributed by atoms with van der Waals surface area (Å²) >= 11 is 10.7. The van der Waals surface area contributed by atoms with Crippen LogP contribution in [0.5, 0.6) is 0 Å². The standard InChI is InChI=1S/C8H5Cl2NO3/c9-8(10)7(12)5-3-1-2-4-6(5)11(13)14/h1-4,8H. The van der Waals surface area contributed by atoms with Crippen LogP contribution in [0.3, 0.4) is 0 Å². The fourth-order valence-corrected chi connectivity index (χ4v) is 1.19. The Morgan fingerprint density at radius 2 is 1.93 bits per heavy atom. The number of para-hydroxylation sites is 1. The minimum atomic E-state index is -1.28. The Labute approximate surface area is 89.6 Å². The number of ketones is 1. The number of halogens is 2. The number of nitrogens with zero attached hydrogens (tertiary/aromatic N) is 1. The van der Waals surface area contributed by atoms with Crippen LogP contribution >= 0.6 is 23.2 Å². The van der Waals surface area contributed by atoms with Crippen LogP contribution < -0.4 is 0 Å². The molecule has 0 aromatic heterocycles. The van der Waals surface area contributed by atoms with Crippen molar-refractivity contribution in [2.45, 2.75) is 4.84 Å². The Kier molecular flexibility index (Phi) is 3.43. The first-order valence-electron chi connectivity index (χ1n) is 3.60. The highest BCUT2D eigenvalue weighted by molar-refractivity contribution is 6.55. The van der Waals surface area contributed by atoms with Crippen LogP contribution in [-0.2, 0) is 0 Å². The first kappa shape index (κ1) is 10.9. The highest BCUT2D eigenvalue weighted by Gasteiger charge is 2.23. The molecule has 0 unspecified atom stereocenters. The molecule has 0 amide bonds. The normalized spacial score (nSPS) is 10.2. The van der Waals surface area contributed by atoms with Crippen molar-refractivity contribution in [3.8, 4) is 0 Å². The number of hydrogen-bond acceptors (Lipinski definition) is 3. The van der Waals surface area contributed by atoms with Crippen molar-refractivity contribution >= 4 is 34.7 Å². The van der Waals surface area contributed by atoms with Gasteiger partial charge in [0.1, 0.15) is 0 Å². The zero-order chi connectivity index (χ0) is 10.7. The number of benzene rings is 1. The van der Waals surface area contributed by atoms with Gasteiger partial charge in [0.05, 0.1) is 10.5 Å². The number of Topliss-reactive ketones (excluding diaryl/α,β-unsaturated/α-hetero) is 1. The van der Waals surface area contributed by atoms with Crippen molar-refractivity contribution in [3.05, 3.63) is 39.9 Å². The largest absolute Gasteiger partial charge is 0.291 e. The van der Waals surface area contributed by atoms with E-state index >= 15 is 0 Å². The first-order chi connectivity index (χ1) is 6.54. The van der Waals surface area contributed by atoms with Crippen molar-refractivity contribution in [2.24, 2.45) is 0 Å². The molecule has 0 spiro atoms. The van der Waals surface area contributed by atoms with E-state index in [1.165, 1.54) is 24.3 Å². The second kappa shape index (κ2) is 4.39. The quantitative estimate of drug-likeness (QED) is 0.349. The summed E-state index contributed by atoms with van der Waals surface area (Å²) in [4.78, 5) is 19.9. The highest BCUT2D eigenvalue weighted by atomic mass is 35.5. The van der Waals surface area contributed by atoms with E-state index in [0.29, 0.717) is 0 Å². The number of hydrogen-bond donors (Lipinski definition) is 0. The molecule has 0 aliphatic carbocycles. The van der Waals surface area contributed by atoms with Gasteiger partial charge in [0.2, 0.25) is 5.78 Å². The van der Waals surface area contributed by atoms with Crippen LogP contribution in [-0.4, -0.2) is 15.5 Å². The predicted molar refractivity (Wildman–Crippen MR) is 52.9 cm³/mol. The Morgan fingerprint density at radius 3 is 2.43 bits per heavy atom. The third-order valence-electron chi connectivity index (χ3n) is 1.56. The van der Waals surface area contributed by atoms with Gasteiger partial charge in [0, 0.05) is 6.07 Å². The smallest absolute Gasteiger partial charge is 0.280 e. The topological polar surface area (TPSA) is 60.2 Å². The SMILES string of the molecule is O=C(c1ccccc1[N+](=O)[O-])C(Cl)Cl. The van der Waals surface area contributed by atoms with Crippen LogP contribution in [0.15, 0.2) is 24.3 Å². The molecule has 1 aromatic carbocycles. The summed E-state index contributed by atoms with van der Waals surface area (Å²) in [6, 6.07) is 5.52. The van der Waals surface area contributed by atoms with Gasteiger partial charge in [-0.3, -0.25) is 14.9 Å². The summed E-state index contributed by atoms with van der Waals surface area (Å²) < 4.78 is 0. The molecule has 0 heterocycles. The van der Waals surface area contributed by atoms with Crippen LogP contribution in [0.4, 0.5) is 5.69 Å². The van der Waals surface area contributed by atoms with Gasteiger partial charge in [-0.05, 0) is 6.07 Å². The van der Waals surface area contributed by atoms with Gasteiger partial charge >= 0.3 is 0 Å². The van der Waals surface area contributed by atoms with E-state index in [-0.39, 0.29) is 11.3 Å². The van der Waals surface area contributed by atoms with Crippen molar-refractivity contribution in [2.75, 3.05) is 0 Å². The molecule has 0 fully saturated rings. The lowest BCUT2D eigenvalue weighted by Gasteiger charge is -2.01. The maximum absolute atomic E-state index is 11.3. The van der Waals surface area contributed by atoms with E-state index in [2.05, 4.69) is 0 Å². The molecule has 0 saturated heterocycles. The van der Waals surface area contributed by atoms with Gasteiger partial charge in [-0.15, -0.1) is 0 Å². The Hall–Kier alpha value is -1.13. The van der Waals surface area contributed by atoms with Crippen molar-refractivity contribution in [1.29, 1.82) is 0 Å². The van der Waals surface area contributed by atoms with Crippen LogP contribution in [0.2, 0.25) is 0 Å². The molecule has 0 N–H and O–H groups in total. The lowest BCUT2D eigenvalue weighted by molar-refractivity contribution is -0.385. The van der Waals surface area contributed by atoms with E-state index in [0.717, 1.165) is 0 Å². The molecular weight excluding hydrogens is 229 g/mol. The van der Waals surface area contributed by atoms with Gasteiger partial charge in [0.15, 0.2) is 4.84 Å². The summed E-state index contributed by atoms with van der Waals surface area (Å²) in [6.07, 6.45) is 0. The number of rotatable bonds is 3. The molecule has 74 valence electrons. The summed E-state index contributed by atoms with van der Waals surface area (Å²) in [7, 11) is 0. The molecule has 0 atom stereocenters. The van der Waals surface area contributed by atoms with E-state index in [1.54, 1.807) is 0 Å². The molecule has 0 saturated carbocycles. The third kappa shape index (κ3) is 2.21. The van der Waals surface area contributed by atoms with E-state index in [4.69, 9.17) is 23.2 Å². The first-order valence-corrected chi connectivity index (χ1v) is 4.47. The summed E-state index contributed by atoms with van der Waals surface area (Å²) in [5.74, 6) is -0.666. The fraction of sp³-hybridized carbons (Fsp3) is 0.125. The van der Waals surface area contributed by atoms with Gasteiger partial charge in [-0.25, -0.2) is 0 Å². The monoisotopic (exact) mass is 233 g/mol. The van der Waals surface area contributed by atoms with Gasteiger partial charge in [-0.2, -0.15) is 0 Å². The fourth-order valence-electron chi connectivity index (χ4n) is 0.959. The second-order valence-corrected chi connectivity index (χ2v) is 3.54. The Morgan fingerprint density at radius 1 is 1.36 bits per heavy atom.